The molecule has 0 aliphatic heterocycles. The van der Waals surface area contributed by atoms with E-state index in [-0.39, 0.29) is 0 Å². The first-order chi connectivity index (χ1) is 8.16. The Morgan fingerprint density at radius 1 is 1.41 bits per heavy atom. The molecule has 2 aromatic rings. The lowest BCUT2D eigenvalue weighted by Crippen LogP contribution is -1.99. The molecule has 3 nitrogen and oxygen atoms in total. The molecule has 90 valence electrons. The Kier molecular flexibility index (Phi) is 3.86. The van der Waals surface area contributed by atoms with E-state index in [1.807, 2.05) is 19.1 Å². The van der Waals surface area contributed by atoms with Crippen LogP contribution in [0.3, 0.4) is 0 Å². The summed E-state index contributed by atoms with van der Waals surface area (Å²) < 4.78 is 0. The quantitative estimate of drug-likeness (QED) is 0.905. The van der Waals surface area contributed by atoms with Crippen molar-refractivity contribution in [2.24, 2.45) is 0 Å². The monoisotopic (exact) mass is 248 g/mol. The van der Waals surface area contributed by atoms with E-state index in [2.05, 4.69) is 16.9 Å². The van der Waals surface area contributed by atoms with Gasteiger partial charge in [-0.25, -0.2) is 4.98 Å². The van der Waals surface area contributed by atoms with Crippen LogP contribution < -0.4 is 0 Å². The Labute approximate surface area is 105 Å². The van der Waals surface area contributed by atoms with E-state index in [1.165, 1.54) is 4.88 Å². The lowest BCUT2D eigenvalue weighted by Gasteiger charge is -2.08. The van der Waals surface area contributed by atoms with Crippen molar-refractivity contribution in [1.82, 2.24) is 9.97 Å². The Morgan fingerprint density at radius 2 is 2.24 bits per heavy atom. The summed E-state index contributed by atoms with van der Waals surface area (Å²) in [7, 11) is 0. The van der Waals surface area contributed by atoms with Gasteiger partial charge >= 0.3 is 0 Å². The minimum absolute atomic E-state index is 0.451. The molecule has 0 aromatic carbocycles. The standard InChI is InChI=1S/C13H16N2OS/c1-9-10(2)17-13(15-9)6-5-12(16)11-4-3-7-14-8-11/h3-4,7-8,12,16H,5-6H2,1-2H3. The number of hydrogen-bond donors (Lipinski definition) is 1. The first-order valence-corrected chi connectivity index (χ1v) is 6.49. The lowest BCUT2D eigenvalue weighted by atomic mass is 10.1. The van der Waals surface area contributed by atoms with Crippen LogP contribution in [0.25, 0.3) is 0 Å². The molecule has 17 heavy (non-hydrogen) atoms. The summed E-state index contributed by atoms with van der Waals surface area (Å²) in [6, 6.07) is 3.74. The molecule has 0 radical (unpaired) electrons. The molecule has 1 unspecified atom stereocenters. The lowest BCUT2D eigenvalue weighted by molar-refractivity contribution is 0.167. The number of aliphatic hydroxyl groups excluding tert-OH is 1. The van der Waals surface area contributed by atoms with Gasteiger partial charge in [-0.3, -0.25) is 4.98 Å². The van der Waals surface area contributed by atoms with Gasteiger partial charge in [0.1, 0.15) is 0 Å². The molecule has 0 saturated carbocycles. The van der Waals surface area contributed by atoms with Crippen LogP contribution in [-0.2, 0) is 6.42 Å². The molecular weight excluding hydrogens is 232 g/mol. The summed E-state index contributed by atoms with van der Waals surface area (Å²) in [5, 5.41) is 11.1. The summed E-state index contributed by atoms with van der Waals surface area (Å²) in [6.45, 7) is 4.10. The molecule has 0 bridgehead atoms. The summed E-state index contributed by atoms with van der Waals surface area (Å²) in [4.78, 5) is 9.73. The Morgan fingerprint density at radius 3 is 2.82 bits per heavy atom. The molecule has 0 fully saturated rings. The molecule has 2 aromatic heterocycles. The zero-order valence-corrected chi connectivity index (χ0v) is 10.9. The van der Waals surface area contributed by atoms with Crippen LogP contribution >= 0.6 is 11.3 Å². The normalized spacial score (nSPS) is 12.6. The Hall–Kier alpha value is -1.26. The molecule has 1 N–H and O–H groups in total. The van der Waals surface area contributed by atoms with Gasteiger partial charge in [-0.1, -0.05) is 6.07 Å². The second-order valence-electron chi connectivity index (χ2n) is 4.09. The van der Waals surface area contributed by atoms with Gasteiger partial charge in [0, 0.05) is 23.7 Å². The maximum Gasteiger partial charge on any atom is 0.0931 e. The first kappa shape index (κ1) is 12.2. The average molecular weight is 248 g/mol. The zero-order valence-electron chi connectivity index (χ0n) is 10.1. The molecule has 0 aliphatic rings. The fourth-order valence-electron chi connectivity index (χ4n) is 1.65. The van der Waals surface area contributed by atoms with Gasteiger partial charge in [0.25, 0.3) is 0 Å². The number of aliphatic hydroxyl groups is 1. The highest BCUT2D eigenvalue weighted by molar-refractivity contribution is 7.11. The van der Waals surface area contributed by atoms with Crippen LogP contribution in [0, 0.1) is 13.8 Å². The van der Waals surface area contributed by atoms with Crippen LogP contribution in [-0.4, -0.2) is 15.1 Å². The van der Waals surface area contributed by atoms with Crippen molar-refractivity contribution in [2.45, 2.75) is 32.8 Å². The van der Waals surface area contributed by atoms with Crippen molar-refractivity contribution in [3.8, 4) is 0 Å². The van der Waals surface area contributed by atoms with Crippen molar-refractivity contribution < 1.29 is 5.11 Å². The summed E-state index contributed by atoms with van der Waals surface area (Å²) in [5.74, 6) is 0. The van der Waals surface area contributed by atoms with Crippen LogP contribution in [0.1, 0.15) is 33.7 Å². The topological polar surface area (TPSA) is 46.0 Å². The van der Waals surface area contributed by atoms with E-state index in [4.69, 9.17) is 0 Å². The molecule has 1 atom stereocenters. The van der Waals surface area contributed by atoms with Crippen molar-refractivity contribution >= 4 is 11.3 Å². The van der Waals surface area contributed by atoms with E-state index in [0.29, 0.717) is 6.42 Å². The third-order valence-corrected chi connectivity index (χ3v) is 3.91. The van der Waals surface area contributed by atoms with Crippen molar-refractivity contribution in [3.05, 3.63) is 45.7 Å². The van der Waals surface area contributed by atoms with Crippen LogP contribution in [0.2, 0.25) is 0 Å². The number of pyridine rings is 1. The number of nitrogens with zero attached hydrogens (tertiary/aromatic N) is 2. The van der Waals surface area contributed by atoms with Crippen LogP contribution in [0.4, 0.5) is 0 Å². The third-order valence-electron chi connectivity index (χ3n) is 2.77. The Bertz CT molecular complexity index is 462. The summed E-state index contributed by atoms with van der Waals surface area (Å²) in [5.41, 5.74) is 1.97. The zero-order chi connectivity index (χ0) is 12.3. The van der Waals surface area contributed by atoms with E-state index in [9.17, 15) is 5.11 Å². The van der Waals surface area contributed by atoms with Gasteiger partial charge in [0.05, 0.1) is 16.8 Å². The number of rotatable bonds is 4. The molecule has 0 spiro atoms. The fraction of sp³-hybridized carbons (Fsp3) is 0.385. The highest BCUT2D eigenvalue weighted by atomic mass is 32.1. The van der Waals surface area contributed by atoms with Gasteiger partial charge in [0.2, 0.25) is 0 Å². The smallest absolute Gasteiger partial charge is 0.0931 e. The third kappa shape index (κ3) is 3.11. The number of aromatic nitrogens is 2. The summed E-state index contributed by atoms with van der Waals surface area (Å²) in [6.07, 6.45) is 4.48. The highest BCUT2D eigenvalue weighted by Gasteiger charge is 2.10. The van der Waals surface area contributed by atoms with E-state index < -0.39 is 6.10 Å². The average Bonchev–Trinajstić information content (AvgIpc) is 2.67. The minimum Gasteiger partial charge on any atom is -0.388 e. The van der Waals surface area contributed by atoms with E-state index in [1.54, 1.807) is 23.7 Å². The molecule has 0 saturated heterocycles. The van der Waals surface area contributed by atoms with E-state index in [0.717, 1.165) is 22.7 Å². The van der Waals surface area contributed by atoms with Crippen molar-refractivity contribution in [2.75, 3.05) is 0 Å². The molecular formula is C13H16N2OS. The number of thiazole rings is 1. The minimum atomic E-state index is -0.451. The van der Waals surface area contributed by atoms with Crippen LogP contribution in [0.5, 0.6) is 0 Å². The van der Waals surface area contributed by atoms with Gasteiger partial charge < -0.3 is 5.11 Å². The molecule has 0 amide bonds. The maximum atomic E-state index is 9.99. The first-order valence-electron chi connectivity index (χ1n) is 5.67. The van der Waals surface area contributed by atoms with Crippen molar-refractivity contribution in [3.63, 3.8) is 0 Å². The fourth-order valence-corrected chi connectivity index (χ4v) is 2.60. The maximum absolute atomic E-state index is 9.99. The number of hydrogen-bond acceptors (Lipinski definition) is 4. The second kappa shape index (κ2) is 5.38. The largest absolute Gasteiger partial charge is 0.388 e. The van der Waals surface area contributed by atoms with Gasteiger partial charge in [-0.15, -0.1) is 11.3 Å². The molecule has 4 heteroatoms. The summed E-state index contributed by atoms with van der Waals surface area (Å²) >= 11 is 1.71. The second-order valence-corrected chi connectivity index (χ2v) is 5.38. The Balaban J connectivity index is 1.94. The highest BCUT2D eigenvalue weighted by Crippen LogP contribution is 2.22. The SMILES string of the molecule is Cc1nc(CCC(O)c2cccnc2)sc1C. The van der Waals surface area contributed by atoms with E-state index >= 15 is 0 Å². The predicted octanol–water partition coefficient (Wildman–Crippen LogP) is 2.82. The molecule has 2 heterocycles. The van der Waals surface area contributed by atoms with Gasteiger partial charge in [-0.2, -0.15) is 0 Å². The number of aryl methyl sites for hydroxylation is 3. The van der Waals surface area contributed by atoms with Crippen molar-refractivity contribution in [1.29, 1.82) is 0 Å². The molecule has 0 aliphatic carbocycles. The van der Waals surface area contributed by atoms with Crippen LogP contribution in [0.15, 0.2) is 24.5 Å². The van der Waals surface area contributed by atoms with Gasteiger partial charge in [0.15, 0.2) is 0 Å². The predicted molar refractivity (Wildman–Crippen MR) is 69.1 cm³/mol. The van der Waals surface area contributed by atoms with Gasteiger partial charge in [-0.05, 0) is 31.9 Å². The molecule has 2 rings (SSSR count).